The minimum absolute atomic E-state index is 0.0137. The third-order valence-corrected chi connectivity index (χ3v) is 4.80. The fourth-order valence-electron chi connectivity index (χ4n) is 3.36. The van der Waals surface area contributed by atoms with Crippen molar-refractivity contribution in [2.75, 3.05) is 18.5 Å². The van der Waals surface area contributed by atoms with Gasteiger partial charge in [0.25, 0.3) is 0 Å². The van der Waals surface area contributed by atoms with E-state index in [0.717, 1.165) is 12.8 Å². The van der Waals surface area contributed by atoms with Gasteiger partial charge in [-0.1, -0.05) is 0 Å². The second kappa shape index (κ2) is 7.82. The average molecular weight is 351 g/mol. The molecule has 136 valence electrons. The third-order valence-electron chi connectivity index (χ3n) is 4.80. The number of rotatable bonds is 6. The molecule has 1 heterocycles. The molecule has 0 radical (unpaired) electrons. The van der Waals surface area contributed by atoms with Crippen LogP contribution in [-0.4, -0.2) is 36.3 Å². The maximum atomic E-state index is 13.6. The minimum atomic E-state index is -0.873. The molecule has 3 atom stereocenters. The van der Waals surface area contributed by atoms with Gasteiger partial charge in [0.05, 0.1) is 17.7 Å². The van der Waals surface area contributed by atoms with Gasteiger partial charge >= 0.3 is 5.97 Å². The van der Waals surface area contributed by atoms with E-state index in [4.69, 9.17) is 14.6 Å². The summed E-state index contributed by atoms with van der Waals surface area (Å²) in [7, 11) is 0. The van der Waals surface area contributed by atoms with Crippen molar-refractivity contribution < 1.29 is 28.6 Å². The Kier molecular flexibility index (Phi) is 5.53. The maximum Gasteiger partial charge on any atom is 0.306 e. The van der Waals surface area contributed by atoms with Crippen LogP contribution in [0.3, 0.4) is 0 Å². The number of nitrogens with one attached hydrogen (secondary N) is 1. The Morgan fingerprint density at radius 2 is 2.08 bits per heavy atom. The number of halogens is 1. The number of hydrogen-bond acceptors (Lipinski definition) is 4. The van der Waals surface area contributed by atoms with Crippen LogP contribution in [0.2, 0.25) is 0 Å². The van der Waals surface area contributed by atoms with E-state index in [1.165, 1.54) is 18.2 Å². The summed E-state index contributed by atoms with van der Waals surface area (Å²) in [5.41, 5.74) is 0.266. The first-order chi connectivity index (χ1) is 12.0. The van der Waals surface area contributed by atoms with E-state index in [2.05, 4.69) is 5.32 Å². The number of benzene rings is 1. The molecule has 1 unspecified atom stereocenters. The molecule has 7 heteroatoms. The lowest BCUT2D eigenvalue weighted by Gasteiger charge is -2.17. The molecule has 0 spiro atoms. The van der Waals surface area contributed by atoms with Gasteiger partial charge in [-0.3, -0.25) is 9.59 Å². The highest BCUT2D eigenvalue weighted by atomic mass is 19.1. The summed E-state index contributed by atoms with van der Waals surface area (Å²) in [6, 6.07) is 3.97. The van der Waals surface area contributed by atoms with Gasteiger partial charge in [0.15, 0.2) is 0 Å². The van der Waals surface area contributed by atoms with Crippen LogP contribution in [0.1, 0.15) is 32.1 Å². The summed E-state index contributed by atoms with van der Waals surface area (Å²) in [5, 5.41) is 11.7. The zero-order chi connectivity index (χ0) is 17.8. The molecule has 1 amide bonds. The van der Waals surface area contributed by atoms with Crippen molar-refractivity contribution in [3.05, 3.63) is 24.0 Å². The van der Waals surface area contributed by atoms with Gasteiger partial charge in [0.1, 0.15) is 18.2 Å². The van der Waals surface area contributed by atoms with Crippen LogP contribution >= 0.6 is 0 Å². The summed E-state index contributed by atoms with van der Waals surface area (Å²) in [4.78, 5) is 23.4. The Hall–Kier alpha value is -2.15. The molecular formula is C18H22FNO5. The van der Waals surface area contributed by atoms with Crippen molar-refractivity contribution in [3.63, 3.8) is 0 Å². The Balaban J connectivity index is 1.63. The molecule has 1 saturated carbocycles. The molecule has 2 aliphatic rings. The van der Waals surface area contributed by atoms with Crippen LogP contribution in [0.25, 0.3) is 0 Å². The first-order valence-electron chi connectivity index (χ1n) is 8.60. The van der Waals surface area contributed by atoms with Gasteiger partial charge in [-0.2, -0.15) is 0 Å². The number of ether oxygens (including phenoxy) is 2. The fourth-order valence-corrected chi connectivity index (χ4v) is 3.36. The number of carbonyl (C=O) groups excluding carboxylic acids is 1. The molecule has 1 aliphatic heterocycles. The first-order valence-corrected chi connectivity index (χ1v) is 8.60. The second-order valence-corrected chi connectivity index (χ2v) is 6.62. The van der Waals surface area contributed by atoms with Crippen molar-refractivity contribution in [1.82, 2.24) is 0 Å². The van der Waals surface area contributed by atoms with Gasteiger partial charge in [0.2, 0.25) is 5.91 Å². The summed E-state index contributed by atoms with van der Waals surface area (Å²) in [6.07, 6.45) is 3.24. The van der Waals surface area contributed by atoms with Crippen LogP contribution in [0.5, 0.6) is 5.75 Å². The predicted octanol–water partition coefficient (Wildman–Crippen LogP) is 2.82. The SMILES string of the molecule is O=C(O)[C@@H]1CC[C@H](C(=O)Nc2cc(F)ccc2OCC2CCCO2)C1. The number of amides is 1. The van der Waals surface area contributed by atoms with Crippen molar-refractivity contribution in [2.24, 2.45) is 11.8 Å². The standard InChI is InChI=1S/C18H22FNO5/c19-13-5-6-16(25-10-14-2-1-7-24-14)15(9-13)20-17(21)11-3-4-12(8-11)18(22)23/h5-6,9,11-12,14H,1-4,7-8,10H2,(H,20,21)(H,22,23)/t11-,12+,14?/m0/s1. The number of carboxylic acids is 1. The lowest BCUT2D eigenvalue weighted by molar-refractivity contribution is -0.141. The highest BCUT2D eigenvalue weighted by Crippen LogP contribution is 2.33. The summed E-state index contributed by atoms with van der Waals surface area (Å²) in [6.45, 7) is 1.06. The molecule has 3 rings (SSSR count). The minimum Gasteiger partial charge on any atom is -0.489 e. The van der Waals surface area contributed by atoms with Crippen molar-refractivity contribution in [3.8, 4) is 5.75 Å². The zero-order valence-corrected chi connectivity index (χ0v) is 13.9. The Morgan fingerprint density at radius 1 is 1.28 bits per heavy atom. The lowest BCUT2D eigenvalue weighted by atomic mass is 10.0. The van der Waals surface area contributed by atoms with Gasteiger partial charge < -0.3 is 19.9 Å². The maximum absolute atomic E-state index is 13.6. The zero-order valence-electron chi connectivity index (χ0n) is 13.9. The highest BCUT2D eigenvalue weighted by molar-refractivity contribution is 5.94. The van der Waals surface area contributed by atoms with Gasteiger partial charge in [-0.25, -0.2) is 4.39 Å². The van der Waals surface area contributed by atoms with Crippen molar-refractivity contribution in [1.29, 1.82) is 0 Å². The molecule has 2 fully saturated rings. The number of carbonyl (C=O) groups is 2. The van der Waals surface area contributed by atoms with Crippen LogP contribution < -0.4 is 10.1 Å². The average Bonchev–Trinajstić information content (AvgIpc) is 3.26. The number of carboxylic acid groups (broad SMARTS) is 1. The van der Waals surface area contributed by atoms with Gasteiger partial charge in [-0.15, -0.1) is 0 Å². The monoisotopic (exact) mass is 351 g/mol. The summed E-state index contributed by atoms with van der Waals surface area (Å²) >= 11 is 0. The Bertz CT molecular complexity index is 644. The third kappa shape index (κ3) is 4.48. The predicted molar refractivity (Wildman–Crippen MR) is 88.0 cm³/mol. The van der Waals surface area contributed by atoms with Crippen LogP contribution in [0.4, 0.5) is 10.1 Å². The smallest absolute Gasteiger partial charge is 0.306 e. The number of anilines is 1. The van der Waals surface area contributed by atoms with Crippen molar-refractivity contribution in [2.45, 2.75) is 38.2 Å². The number of hydrogen-bond donors (Lipinski definition) is 2. The molecule has 6 nitrogen and oxygen atoms in total. The Labute approximate surface area is 145 Å². The molecule has 0 bridgehead atoms. The van der Waals surface area contributed by atoms with Crippen molar-refractivity contribution >= 4 is 17.6 Å². The topological polar surface area (TPSA) is 84.9 Å². The largest absolute Gasteiger partial charge is 0.489 e. The first kappa shape index (κ1) is 17.7. The fraction of sp³-hybridized carbons (Fsp3) is 0.556. The van der Waals surface area contributed by atoms with Crippen LogP contribution in [0.15, 0.2) is 18.2 Å². The molecule has 0 aromatic heterocycles. The second-order valence-electron chi connectivity index (χ2n) is 6.62. The van der Waals surface area contributed by atoms with E-state index in [0.29, 0.717) is 38.2 Å². The van der Waals surface area contributed by atoms with E-state index in [9.17, 15) is 14.0 Å². The molecule has 1 aliphatic carbocycles. The Morgan fingerprint density at radius 3 is 2.76 bits per heavy atom. The highest BCUT2D eigenvalue weighted by Gasteiger charge is 2.34. The van der Waals surface area contributed by atoms with E-state index in [1.54, 1.807) is 0 Å². The van der Waals surface area contributed by atoms with Gasteiger partial charge in [-0.05, 0) is 44.2 Å². The van der Waals surface area contributed by atoms with Gasteiger partial charge in [0, 0.05) is 18.6 Å². The molecule has 1 aromatic carbocycles. The molecule has 1 aromatic rings. The quantitative estimate of drug-likeness (QED) is 0.823. The molecular weight excluding hydrogens is 329 g/mol. The molecule has 25 heavy (non-hydrogen) atoms. The molecule has 2 N–H and O–H groups in total. The van der Waals surface area contributed by atoms with E-state index in [1.807, 2.05) is 0 Å². The summed E-state index contributed by atoms with van der Waals surface area (Å²) < 4.78 is 24.8. The van der Waals surface area contributed by atoms with E-state index in [-0.39, 0.29) is 23.6 Å². The lowest BCUT2D eigenvalue weighted by Crippen LogP contribution is -2.23. The summed E-state index contributed by atoms with van der Waals surface area (Å²) in [5.74, 6) is -2.13. The van der Waals surface area contributed by atoms with E-state index < -0.39 is 17.7 Å². The van der Waals surface area contributed by atoms with Crippen LogP contribution in [0, 0.1) is 17.7 Å². The molecule has 1 saturated heterocycles. The van der Waals surface area contributed by atoms with E-state index >= 15 is 0 Å². The van der Waals surface area contributed by atoms with Crippen LogP contribution in [-0.2, 0) is 14.3 Å². The normalized spacial score (nSPS) is 25.7. The number of aliphatic carboxylic acids is 1.